The Bertz CT molecular complexity index is 1160. The molecule has 7 nitrogen and oxygen atoms in total. The third-order valence-electron chi connectivity index (χ3n) is 8.45. The number of carbonyl (C=O) groups is 3. The number of benzene rings is 1. The minimum atomic E-state index is -0.892. The molecule has 1 spiro atoms. The zero-order chi connectivity index (χ0) is 27.6. The first kappa shape index (κ1) is 28.2. The second-order valence-corrected chi connectivity index (χ2v) is 13.3. The summed E-state index contributed by atoms with van der Waals surface area (Å²) in [5.74, 6) is -2.04. The van der Waals surface area contributed by atoms with Gasteiger partial charge in [-0.05, 0) is 63.3 Å². The molecule has 1 aromatic carbocycles. The lowest BCUT2D eigenvalue weighted by molar-refractivity contribution is -0.154. The number of hydrogen-bond donors (Lipinski definition) is 1. The smallest absolute Gasteiger partial charge is 0.311 e. The number of nitrogens with zero attached hydrogens (tertiary/aromatic N) is 2. The molecule has 0 saturated carbocycles. The lowest BCUT2D eigenvalue weighted by Crippen LogP contribution is -2.53. The van der Waals surface area contributed by atoms with E-state index in [9.17, 15) is 14.4 Å². The summed E-state index contributed by atoms with van der Waals surface area (Å²) in [7, 11) is 0. The monoisotopic (exact) mass is 572 g/mol. The second kappa shape index (κ2) is 11.7. The molecular formula is C30H37ClN2O5S. The number of aliphatic hydroxyl groups excluding tert-OH is 1. The molecule has 4 heterocycles. The Morgan fingerprint density at radius 2 is 1.77 bits per heavy atom. The molecule has 2 amide bonds. The van der Waals surface area contributed by atoms with Crippen LogP contribution >= 0.6 is 23.4 Å². The molecule has 5 rings (SSSR count). The molecule has 4 aliphatic heterocycles. The highest BCUT2D eigenvalue weighted by Crippen LogP contribution is 2.65. The minimum absolute atomic E-state index is 0.141. The van der Waals surface area contributed by atoms with E-state index in [-0.39, 0.29) is 24.4 Å². The fourth-order valence-electron chi connectivity index (χ4n) is 6.64. The van der Waals surface area contributed by atoms with E-state index in [1.807, 2.05) is 31.2 Å². The molecule has 0 radical (unpaired) electrons. The fourth-order valence-corrected chi connectivity index (χ4v) is 8.92. The van der Waals surface area contributed by atoms with Crippen molar-refractivity contribution < 1.29 is 24.2 Å². The fraction of sp³-hybridized carbons (Fsp3) is 0.567. The van der Waals surface area contributed by atoms with Gasteiger partial charge in [-0.3, -0.25) is 14.4 Å². The van der Waals surface area contributed by atoms with E-state index in [1.54, 1.807) is 33.7 Å². The van der Waals surface area contributed by atoms with Gasteiger partial charge in [0.15, 0.2) is 0 Å². The van der Waals surface area contributed by atoms with Gasteiger partial charge in [-0.15, -0.1) is 11.8 Å². The zero-order valence-corrected chi connectivity index (χ0v) is 24.0. The van der Waals surface area contributed by atoms with Gasteiger partial charge >= 0.3 is 5.97 Å². The Morgan fingerprint density at radius 1 is 1.00 bits per heavy atom. The number of anilines is 1. The Kier molecular flexibility index (Phi) is 8.45. The van der Waals surface area contributed by atoms with Gasteiger partial charge in [0.1, 0.15) is 6.04 Å². The van der Waals surface area contributed by atoms with Crippen LogP contribution in [0.1, 0.15) is 51.9 Å². The Morgan fingerprint density at radius 3 is 2.54 bits per heavy atom. The van der Waals surface area contributed by atoms with Crippen LogP contribution in [0.15, 0.2) is 48.6 Å². The third kappa shape index (κ3) is 5.16. The van der Waals surface area contributed by atoms with Gasteiger partial charge in [0.05, 0.1) is 23.2 Å². The molecule has 2 fully saturated rings. The highest BCUT2D eigenvalue weighted by Gasteiger charge is 2.73. The summed E-state index contributed by atoms with van der Waals surface area (Å²) in [6, 6.07) is 6.42. The van der Waals surface area contributed by atoms with Gasteiger partial charge < -0.3 is 19.6 Å². The molecule has 210 valence electrons. The largest absolute Gasteiger partial charge is 0.465 e. The average molecular weight is 573 g/mol. The quantitative estimate of drug-likeness (QED) is 0.288. The van der Waals surface area contributed by atoms with Crippen LogP contribution in [0, 0.1) is 11.8 Å². The molecule has 0 bridgehead atoms. The molecule has 2 saturated heterocycles. The molecule has 1 N–H and O–H groups in total. The first-order valence-corrected chi connectivity index (χ1v) is 15.2. The lowest BCUT2D eigenvalue weighted by atomic mass is 9.74. The SMILES string of the molecule is C[C@@]12/C=C\CCCCOC(=O)[C@@H]1[C@H]1C(=O)N(CCCCCCO)C3C(=O)N(c4ccc(Cl)cc4)CC=C[C@@]31S2. The van der Waals surface area contributed by atoms with Gasteiger partial charge in [0.2, 0.25) is 5.91 Å². The number of hydrogen-bond acceptors (Lipinski definition) is 6. The van der Waals surface area contributed by atoms with Crippen LogP contribution in [0.5, 0.6) is 0 Å². The van der Waals surface area contributed by atoms with Crippen LogP contribution in [-0.4, -0.2) is 69.6 Å². The van der Waals surface area contributed by atoms with E-state index in [2.05, 4.69) is 12.2 Å². The van der Waals surface area contributed by atoms with E-state index in [0.717, 1.165) is 44.2 Å². The maximum Gasteiger partial charge on any atom is 0.311 e. The minimum Gasteiger partial charge on any atom is -0.465 e. The number of thioether (sulfide) groups is 1. The summed E-state index contributed by atoms with van der Waals surface area (Å²) in [5.41, 5.74) is 0.720. The number of ether oxygens (including phenoxy) is 1. The Hall–Kier alpha value is -2.29. The van der Waals surface area contributed by atoms with Crippen molar-refractivity contribution in [3.63, 3.8) is 0 Å². The number of cyclic esters (lactones) is 1. The molecule has 0 aromatic heterocycles. The maximum absolute atomic E-state index is 14.5. The normalized spacial score (nSPS) is 33.3. The molecule has 1 aromatic rings. The standard InChI is InChI=1S/C30H37ClN2O5S/c1-29-15-6-2-5-9-20-38-28(37)24(29)23-26(35)33(17-7-3-4-8-19-34)25-27(36)32(18-10-16-30(23,25)39-29)22-13-11-21(31)12-14-22/h6,10-16,23-25,34H,2-5,7-9,17-20H2,1H3/b15-6-/t23-,24-,25?,29+,30-/m0/s1. The van der Waals surface area contributed by atoms with Crippen LogP contribution in [0.4, 0.5) is 5.69 Å². The summed E-state index contributed by atoms with van der Waals surface area (Å²) in [5, 5.41) is 9.74. The molecule has 5 atom stereocenters. The average Bonchev–Trinajstić information content (AvgIpc) is 3.24. The number of likely N-dealkylation sites (tertiary alicyclic amines) is 1. The number of fused-ring (bicyclic) bond motifs is 2. The van der Waals surface area contributed by atoms with Gasteiger partial charge in [-0.1, -0.05) is 48.7 Å². The zero-order valence-electron chi connectivity index (χ0n) is 22.4. The van der Waals surface area contributed by atoms with Crippen LogP contribution in [-0.2, 0) is 19.1 Å². The molecule has 0 aliphatic carbocycles. The first-order chi connectivity index (χ1) is 18.8. The van der Waals surface area contributed by atoms with Gasteiger partial charge in [-0.2, -0.15) is 0 Å². The van der Waals surface area contributed by atoms with E-state index in [1.165, 1.54) is 0 Å². The number of esters is 1. The number of carbonyl (C=O) groups excluding carboxylic acids is 3. The molecule has 9 heteroatoms. The number of allylic oxidation sites excluding steroid dienone is 1. The maximum atomic E-state index is 14.5. The van der Waals surface area contributed by atoms with Crippen LogP contribution in [0.3, 0.4) is 0 Å². The van der Waals surface area contributed by atoms with Crippen molar-refractivity contribution in [2.24, 2.45) is 11.8 Å². The predicted octanol–water partition coefficient (Wildman–Crippen LogP) is 4.77. The molecule has 1 unspecified atom stereocenters. The number of rotatable bonds is 7. The number of amides is 2. The van der Waals surface area contributed by atoms with Crippen molar-refractivity contribution in [2.45, 2.75) is 67.4 Å². The van der Waals surface area contributed by atoms with Crippen molar-refractivity contribution in [2.75, 3.05) is 31.2 Å². The van der Waals surface area contributed by atoms with E-state index in [0.29, 0.717) is 31.1 Å². The summed E-state index contributed by atoms with van der Waals surface area (Å²) < 4.78 is 4.17. The van der Waals surface area contributed by atoms with E-state index in [4.69, 9.17) is 21.4 Å². The highest BCUT2D eigenvalue weighted by atomic mass is 35.5. The topological polar surface area (TPSA) is 87.1 Å². The lowest BCUT2D eigenvalue weighted by Gasteiger charge is -2.37. The van der Waals surface area contributed by atoms with Gasteiger partial charge in [0.25, 0.3) is 5.91 Å². The number of aliphatic hydroxyl groups is 1. The van der Waals surface area contributed by atoms with Crippen molar-refractivity contribution in [1.29, 1.82) is 0 Å². The highest BCUT2D eigenvalue weighted by molar-refractivity contribution is 8.02. The van der Waals surface area contributed by atoms with Gasteiger partial charge in [0, 0.05) is 35.2 Å². The van der Waals surface area contributed by atoms with Crippen molar-refractivity contribution >= 4 is 46.8 Å². The Balaban J connectivity index is 1.56. The first-order valence-electron chi connectivity index (χ1n) is 14.0. The Labute approximate surface area is 239 Å². The molecule has 39 heavy (non-hydrogen) atoms. The van der Waals surface area contributed by atoms with Crippen LogP contribution in [0.25, 0.3) is 0 Å². The van der Waals surface area contributed by atoms with Crippen molar-refractivity contribution in [3.8, 4) is 0 Å². The van der Waals surface area contributed by atoms with Crippen molar-refractivity contribution in [3.05, 3.63) is 53.6 Å². The summed E-state index contributed by atoms with van der Waals surface area (Å²) in [4.78, 5) is 45.8. The number of unbranched alkanes of at least 4 members (excludes halogenated alkanes) is 3. The summed E-state index contributed by atoms with van der Waals surface area (Å²) in [6.45, 7) is 3.29. The second-order valence-electron chi connectivity index (χ2n) is 11.1. The number of halogens is 1. The van der Waals surface area contributed by atoms with E-state index >= 15 is 0 Å². The summed E-state index contributed by atoms with van der Waals surface area (Å²) >= 11 is 7.70. The molecule has 4 aliphatic rings. The predicted molar refractivity (Wildman–Crippen MR) is 154 cm³/mol. The van der Waals surface area contributed by atoms with E-state index < -0.39 is 27.4 Å². The molecular weight excluding hydrogens is 536 g/mol. The van der Waals surface area contributed by atoms with Crippen molar-refractivity contribution in [1.82, 2.24) is 4.90 Å². The van der Waals surface area contributed by atoms with Crippen LogP contribution in [0.2, 0.25) is 5.02 Å². The summed E-state index contributed by atoms with van der Waals surface area (Å²) in [6.07, 6.45) is 13.9. The third-order valence-corrected chi connectivity index (χ3v) is 10.5. The van der Waals surface area contributed by atoms with Crippen LogP contribution < -0.4 is 4.90 Å². The van der Waals surface area contributed by atoms with Gasteiger partial charge in [-0.25, -0.2) is 0 Å².